The fourth-order valence-corrected chi connectivity index (χ4v) is 3.02. The van der Waals surface area contributed by atoms with E-state index in [9.17, 15) is 0 Å². The Morgan fingerprint density at radius 3 is 2.40 bits per heavy atom. The van der Waals surface area contributed by atoms with Crippen LogP contribution in [0.1, 0.15) is 5.56 Å². The van der Waals surface area contributed by atoms with Crippen LogP contribution in [0.3, 0.4) is 0 Å². The Labute approximate surface area is 134 Å². The molecule has 3 rings (SSSR count). The van der Waals surface area contributed by atoms with E-state index in [2.05, 4.69) is 6.07 Å². The third kappa shape index (κ3) is 2.61. The smallest absolute Gasteiger partial charge is 0.131 e. The first-order valence-electron chi connectivity index (χ1n) is 6.13. The van der Waals surface area contributed by atoms with Gasteiger partial charge in [0.05, 0.1) is 10.0 Å². The van der Waals surface area contributed by atoms with E-state index >= 15 is 0 Å². The van der Waals surface area contributed by atoms with Gasteiger partial charge in [0.15, 0.2) is 0 Å². The molecule has 20 heavy (non-hydrogen) atoms. The van der Waals surface area contributed by atoms with Crippen LogP contribution in [-0.4, -0.2) is 12.6 Å². The molecule has 1 aliphatic heterocycles. The molecule has 2 aromatic carbocycles. The van der Waals surface area contributed by atoms with E-state index in [0.717, 1.165) is 28.9 Å². The van der Waals surface area contributed by atoms with Crippen LogP contribution >= 0.6 is 35.6 Å². The van der Waals surface area contributed by atoms with E-state index in [1.807, 2.05) is 30.3 Å². The summed E-state index contributed by atoms with van der Waals surface area (Å²) in [5.74, 6) is 0.855. The molecule has 2 nitrogen and oxygen atoms in total. The molecule has 106 valence electrons. The second kappa shape index (κ2) is 6.23. The van der Waals surface area contributed by atoms with E-state index in [1.54, 1.807) is 0 Å². The lowest BCUT2D eigenvalue weighted by molar-refractivity contribution is 0.242. The number of nitrogens with two attached hydrogens (primary N) is 1. The Kier molecular flexibility index (Phi) is 4.82. The highest BCUT2D eigenvalue weighted by atomic mass is 35.5. The number of halogens is 3. The summed E-state index contributed by atoms with van der Waals surface area (Å²) >= 11 is 12.5. The summed E-state index contributed by atoms with van der Waals surface area (Å²) in [5.41, 5.74) is 8.60. The molecule has 0 aromatic heterocycles. The van der Waals surface area contributed by atoms with Gasteiger partial charge in [-0.25, -0.2) is 0 Å². The predicted octanol–water partition coefficient (Wildman–Crippen LogP) is 4.34. The highest BCUT2D eigenvalue weighted by Gasteiger charge is 2.25. The summed E-state index contributed by atoms with van der Waals surface area (Å²) in [5, 5.41) is 1.25. The van der Waals surface area contributed by atoms with Gasteiger partial charge in [0.2, 0.25) is 0 Å². The average Bonchev–Trinajstić information content (AvgIpc) is 2.82. The van der Waals surface area contributed by atoms with Crippen molar-refractivity contribution in [3.63, 3.8) is 0 Å². The Morgan fingerprint density at radius 2 is 1.75 bits per heavy atom. The van der Waals surface area contributed by atoms with E-state index in [4.69, 9.17) is 33.7 Å². The highest BCUT2D eigenvalue weighted by Crippen LogP contribution is 2.43. The van der Waals surface area contributed by atoms with E-state index in [1.165, 1.54) is 0 Å². The van der Waals surface area contributed by atoms with Gasteiger partial charge in [-0.1, -0.05) is 47.5 Å². The molecule has 0 spiro atoms. The molecule has 1 heterocycles. The summed E-state index contributed by atoms with van der Waals surface area (Å²) in [6.07, 6.45) is 0.874. The lowest BCUT2D eigenvalue weighted by Gasteiger charge is -2.13. The van der Waals surface area contributed by atoms with Crippen molar-refractivity contribution in [2.24, 2.45) is 5.73 Å². The Hall–Kier alpha value is -0.930. The lowest BCUT2D eigenvalue weighted by atomic mass is 10.0. The monoisotopic (exact) mass is 329 g/mol. The summed E-state index contributed by atoms with van der Waals surface area (Å²) in [4.78, 5) is 0. The Bertz CT molecular complexity index is 610. The number of hydrogen-bond acceptors (Lipinski definition) is 2. The molecule has 0 radical (unpaired) electrons. The molecule has 0 fully saturated rings. The largest absolute Gasteiger partial charge is 0.488 e. The van der Waals surface area contributed by atoms with Crippen LogP contribution in [0.15, 0.2) is 36.4 Å². The number of ether oxygens (including phenoxy) is 1. The van der Waals surface area contributed by atoms with E-state index in [-0.39, 0.29) is 18.5 Å². The maximum Gasteiger partial charge on any atom is 0.131 e. The zero-order valence-corrected chi connectivity index (χ0v) is 12.9. The summed E-state index contributed by atoms with van der Waals surface area (Å²) in [6.45, 7) is 0.504. The minimum Gasteiger partial charge on any atom is -0.488 e. The standard InChI is InChI=1S/C15H13Cl2NO.ClH/c16-12-5-2-6-13(17)14(12)11-4-1-3-9-7-10(8-18)19-15(9)11;/h1-6,10H,7-8,18H2;1H. The number of fused-ring (bicyclic) bond motifs is 1. The zero-order valence-electron chi connectivity index (χ0n) is 10.6. The zero-order chi connectivity index (χ0) is 13.4. The Balaban J connectivity index is 0.00000147. The van der Waals surface area contributed by atoms with Crippen molar-refractivity contribution in [1.82, 2.24) is 0 Å². The van der Waals surface area contributed by atoms with Crippen LogP contribution in [0.2, 0.25) is 10.0 Å². The molecule has 0 bridgehead atoms. The van der Waals surface area contributed by atoms with Crippen LogP contribution in [0, 0.1) is 0 Å². The maximum absolute atomic E-state index is 6.27. The van der Waals surface area contributed by atoms with Gasteiger partial charge in [0.25, 0.3) is 0 Å². The Morgan fingerprint density at radius 1 is 1.10 bits per heavy atom. The van der Waals surface area contributed by atoms with Crippen LogP contribution in [0.5, 0.6) is 5.75 Å². The van der Waals surface area contributed by atoms with Gasteiger partial charge in [-0.15, -0.1) is 12.4 Å². The van der Waals surface area contributed by atoms with Crippen LogP contribution < -0.4 is 10.5 Å². The minimum absolute atomic E-state index is 0. The van der Waals surface area contributed by atoms with Crippen LogP contribution in [0.4, 0.5) is 0 Å². The van der Waals surface area contributed by atoms with Crippen molar-refractivity contribution >= 4 is 35.6 Å². The van der Waals surface area contributed by atoms with Gasteiger partial charge in [-0.2, -0.15) is 0 Å². The van der Waals surface area contributed by atoms with E-state index < -0.39 is 0 Å². The third-order valence-electron chi connectivity index (χ3n) is 3.32. The molecule has 2 N–H and O–H groups in total. The van der Waals surface area contributed by atoms with Crippen molar-refractivity contribution in [1.29, 1.82) is 0 Å². The second-order valence-electron chi connectivity index (χ2n) is 4.57. The number of benzene rings is 2. The summed E-state index contributed by atoms with van der Waals surface area (Å²) < 4.78 is 5.91. The second-order valence-corrected chi connectivity index (χ2v) is 5.38. The SMILES string of the molecule is Cl.NCC1Cc2cccc(-c3c(Cl)cccc3Cl)c2O1. The molecule has 0 saturated heterocycles. The number of para-hydroxylation sites is 1. The molecule has 5 heteroatoms. The number of rotatable bonds is 2. The first kappa shape index (κ1) is 15.5. The maximum atomic E-state index is 6.27. The van der Waals surface area contributed by atoms with Gasteiger partial charge >= 0.3 is 0 Å². The molecular formula is C15H14Cl3NO. The van der Waals surface area contributed by atoms with Gasteiger partial charge in [-0.05, 0) is 17.7 Å². The van der Waals surface area contributed by atoms with Gasteiger partial charge < -0.3 is 10.5 Å². The number of hydrogen-bond donors (Lipinski definition) is 1. The van der Waals surface area contributed by atoms with Crippen LogP contribution in [0.25, 0.3) is 11.1 Å². The molecule has 0 aliphatic carbocycles. The molecule has 0 saturated carbocycles. The first-order valence-corrected chi connectivity index (χ1v) is 6.89. The molecule has 1 atom stereocenters. The third-order valence-corrected chi connectivity index (χ3v) is 3.95. The van der Waals surface area contributed by atoms with Gasteiger partial charge in [-0.3, -0.25) is 0 Å². The fourth-order valence-electron chi connectivity index (χ4n) is 2.42. The fraction of sp³-hybridized carbons (Fsp3) is 0.200. The van der Waals surface area contributed by atoms with E-state index in [0.29, 0.717) is 16.6 Å². The quantitative estimate of drug-likeness (QED) is 0.888. The van der Waals surface area contributed by atoms with Crippen LogP contribution in [-0.2, 0) is 6.42 Å². The summed E-state index contributed by atoms with van der Waals surface area (Å²) in [6, 6.07) is 11.5. The minimum atomic E-state index is 0. The first-order chi connectivity index (χ1) is 9.20. The average molecular weight is 331 g/mol. The molecular weight excluding hydrogens is 317 g/mol. The molecule has 1 unspecified atom stereocenters. The highest BCUT2D eigenvalue weighted by molar-refractivity contribution is 6.39. The van der Waals surface area contributed by atoms with Crippen molar-refractivity contribution in [2.75, 3.05) is 6.54 Å². The van der Waals surface area contributed by atoms with Crippen molar-refractivity contribution in [3.05, 3.63) is 52.0 Å². The van der Waals surface area contributed by atoms with Crippen molar-refractivity contribution in [2.45, 2.75) is 12.5 Å². The van der Waals surface area contributed by atoms with Gasteiger partial charge in [0.1, 0.15) is 11.9 Å². The predicted molar refractivity (Wildman–Crippen MR) is 86.3 cm³/mol. The summed E-state index contributed by atoms with van der Waals surface area (Å²) in [7, 11) is 0. The van der Waals surface area contributed by atoms with Crippen molar-refractivity contribution in [3.8, 4) is 16.9 Å². The normalized spacial score (nSPS) is 16.2. The molecule has 2 aromatic rings. The lowest BCUT2D eigenvalue weighted by Crippen LogP contribution is -2.24. The molecule has 1 aliphatic rings. The topological polar surface area (TPSA) is 35.2 Å². The molecule has 0 amide bonds. The van der Waals surface area contributed by atoms with Crippen molar-refractivity contribution < 1.29 is 4.74 Å². The van der Waals surface area contributed by atoms with Gasteiger partial charge in [0, 0.05) is 24.1 Å².